The maximum absolute atomic E-state index is 11.6. The molecule has 1 rings (SSSR count). The minimum absolute atomic E-state index is 0.0524. The zero-order chi connectivity index (χ0) is 15.1. The molecular formula is C10H17N5O5. The molecule has 0 radical (unpaired) electrons. The number of aliphatic hydroxyl groups is 2. The highest BCUT2D eigenvalue weighted by atomic mass is 16.4. The van der Waals surface area contributed by atoms with Crippen LogP contribution < -0.4 is 16.4 Å². The summed E-state index contributed by atoms with van der Waals surface area (Å²) in [6.07, 6.45) is -1.37. The lowest BCUT2D eigenvalue weighted by Gasteiger charge is -2.11. The Hall–Kier alpha value is -2.33. The number of nitrogen functional groups attached to an aromatic ring is 1. The molecule has 1 heterocycles. The van der Waals surface area contributed by atoms with Gasteiger partial charge in [-0.25, -0.2) is 9.48 Å². The third kappa shape index (κ3) is 4.40. The van der Waals surface area contributed by atoms with Crippen LogP contribution in [0.2, 0.25) is 0 Å². The van der Waals surface area contributed by atoms with Gasteiger partial charge in [-0.1, -0.05) is 0 Å². The van der Waals surface area contributed by atoms with Crippen molar-refractivity contribution in [2.45, 2.75) is 19.1 Å². The summed E-state index contributed by atoms with van der Waals surface area (Å²) in [5.74, 6) is -0.560. The molecule has 0 fully saturated rings. The Bertz CT molecular complexity index is 475. The van der Waals surface area contributed by atoms with Gasteiger partial charge in [0.05, 0.1) is 19.3 Å². The van der Waals surface area contributed by atoms with Gasteiger partial charge in [-0.05, 0) is 6.42 Å². The van der Waals surface area contributed by atoms with Crippen LogP contribution in [0.25, 0.3) is 0 Å². The van der Waals surface area contributed by atoms with Crippen molar-refractivity contribution >= 4 is 23.5 Å². The zero-order valence-corrected chi connectivity index (χ0v) is 10.6. The number of carbonyl (C=O) groups is 2. The number of hydrogen-bond donors (Lipinski definition) is 6. The van der Waals surface area contributed by atoms with Crippen LogP contribution in [0.5, 0.6) is 0 Å². The van der Waals surface area contributed by atoms with E-state index < -0.39 is 18.1 Å². The lowest BCUT2D eigenvalue weighted by molar-refractivity contribution is -0.124. The number of aromatic nitrogens is 2. The number of carboxylic acid groups (broad SMARTS) is 1. The number of aliphatic hydroxyl groups excluding tert-OH is 2. The molecule has 0 saturated heterocycles. The first-order valence-electron chi connectivity index (χ1n) is 5.83. The van der Waals surface area contributed by atoms with Gasteiger partial charge in [-0.3, -0.25) is 4.79 Å². The predicted molar refractivity (Wildman–Crippen MR) is 69.0 cm³/mol. The predicted octanol–water partition coefficient (Wildman–Crippen LogP) is -1.59. The second-order valence-electron chi connectivity index (χ2n) is 3.92. The molecule has 0 aromatic carbocycles. The molecule has 10 heteroatoms. The summed E-state index contributed by atoms with van der Waals surface area (Å²) in [5.41, 5.74) is 5.90. The van der Waals surface area contributed by atoms with Crippen LogP contribution in [0, 0.1) is 0 Å². The van der Waals surface area contributed by atoms with E-state index in [-0.39, 0.29) is 37.6 Å². The van der Waals surface area contributed by atoms with Crippen LogP contribution in [0.3, 0.4) is 0 Å². The molecule has 1 aromatic heterocycles. The average molecular weight is 287 g/mol. The van der Waals surface area contributed by atoms with E-state index in [0.29, 0.717) is 0 Å². The molecule has 1 atom stereocenters. The van der Waals surface area contributed by atoms with Gasteiger partial charge < -0.3 is 31.7 Å². The number of nitrogens with one attached hydrogen (secondary N) is 2. The molecule has 7 N–H and O–H groups in total. The van der Waals surface area contributed by atoms with E-state index >= 15 is 0 Å². The van der Waals surface area contributed by atoms with E-state index in [1.807, 2.05) is 5.32 Å². The normalized spacial score (nSPS) is 11.9. The lowest BCUT2D eigenvalue weighted by Crippen LogP contribution is -2.32. The second-order valence-corrected chi connectivity index (χ2v) is 3.92. The first-order valence-corrected chi connectivity index (χ1v) is 5.83. The summed E-state index contributed by atoms with van der Waals surface area (Å²) in [6, 6.07) is 0. The molecule has 10 nitrogen and oxygen atoms in total. The van der Waals surface area contributed by atoms with Crippen LogP contribution in [0.15, 0.2) is 6.20 Å². The smallest absolute Gasteiger partial charge is 0.404 e. The Morgan fingerprint density at radius 1 is 1.50 bits per heavy atom. The summed E-state index contributed by atoms with van der Waals surface area (Å²) in [5, 5.41) is 34.9. The highest BCUT2D eigenvalue weighted by Crippen LogP contribution is 2.17. The summed E-state index contributed by atoms with van der Waals surface area (Å²) in [4.78, 5) is 21.8. The molecule has 0 saturated carbocycles. The van der Waals surface area contributed by atoms with E-state index in [1.165, 1.54) is 10.9 Å². The number of anilines is 2. The van der Waals surface area contributed by atoms with Crippen molar-refractivity contribution in [2.24, 2.45) is 0 Å². The Balaban J connectivity index is 2.50. The van der Waals surface area contributed by atoms with E-state index in [2.05, 4.69) is 10.4 Å². The SMILES string of the molecule is Nc1c(NC(=O)[C@@H](O)CCNC(=O)O)cnn1CCO. The van der Waals surface area contributed by atoms with Gasteiger partial charge in [-0.2, -0.15) is 5.10 Å². The van der Waals surface area contributed by atoms with Crippen molar-refractivity contribution in [1.82, 2.24) is 15.1 Å². The topological polar surface area (TPSA) is 163 Å². The Labute approximate surface area is 114 Å². The Morgan fingerprint density at radius 3 is 2.80 bits per heavy atom. The summed E-state index contributed by atoms with van der Waals surface area (Å²) in [6.45, 7) is -0.0152. The molecule has 0 aliphatic rings. The summed E-state index contributed by atoms with van der Waals surface area (Å²) >= 11 is 0. The lowest BCUT2D eigenvalue weighted by atomic mass is 10.2. The third-order valence-electron chi connectivity index (χ3n) is 2.45. The van der Waals surface area contributed by atoms with Gasteiger partial charge in [0.2, 0.25) is 0 Å². The Morgan fingerprint density at radius 2 is 2.20 bits per heavy atom. The molecule has 0 aliphatic carbocycles. The molecule has 1 aromatic rings. The van der Waals surface area contributed by atoms with Crippen molar-refractivity contribution < 1.29 is 24.9 Å². The number of nitrogens with zero attached hydrogens (tertiary/aromatic N) is 2. The zero-order valence-electron chi connectivity index (χ0n) is 10.6. The maximum atomic E-state index is 11.6. The van der Waals surface area contributed by atoms with Gasteiger partial charge in [0.1, 0.15) is 17.6 Å². The minimum Gasteiger partial charge on any atom is -0.465 e. The van der Waals surface area contributed by atoms with Crippen molar-refractivity contribution in [3.63, 3.8) is 0 Å². The van der Waals surface area contributed by atoms with E-state index in [0.717, 1.165) is 0 Å². The van der Waals surface area contributed by atoms with Crippen LogP contribution in [-0.4, -0.2) is 56.4 Å². The van der Waals surface area contributed by atoms with E-state index in [1.54, 1.807) is 0 Å². The van der Waals surface area contributed by atoms with Crippen LogP contribution >= 0.6 is 0 Å². The second kappa shape index (κ2) is 7.31. The standard InChI is InChI=1S/C10H17N5O5/c11-8-6(5-13-15(8)3-4-16)14-9(18)7(17)1-2-12-10(19)20/h5,7,12,16-17H,1-4,11H2,(H,14,18)(H,19,20)/t7-/m0/s1. The molecular weight excluding hydrogens is 270 g/mol. The number of nitrogens with two attached hydrogens (primary N) is 1. The number of rotatable bonds is 7. The van der Waals surface area contributed by atoms with Crippen LogP contribution in [0.1, 0.15) is 6.42 Å². The molecule has 20 heavy (non-hydrogen) atoms. The molecule has 112 valence electrons. The number of hydrogen-bond acceptors (Lipinski definition) is 6. The van der Waals surface area contributed by atoms with Crippen molar-refractivity contribution in [3.05, 3.63) is 6.20 Å². The van der Waals surface area contributed by atoms with Crippen molar-refractivity contribution in [1.29, 1.82) is 0 Å². The highest BCUT2D eigenvalue weighted by molar-refractivity contribution is 5.96. The maximum Gasteiger partial charge on any atom is 0.404 e. The van der Waals surface area contributed by atoms with Crippen molar-refractivity contribution in [3.8, 4) is 0 Å². The molecule has 0 unspecified atom stereocenters. The van der Waals surface area contributed by atoms with Gasteiger partial charge in [0.15, 0.2) is 0 Å². The summed E-state index contributed by atoms with van der Waals surface area (Å²) < 4.78 is 1.30. The quantitative estimate of drug-likeness (QED) is 0.352. The number of amides is 2. The fraction of sp³-hybridized carbons (Fsp3) is 0.500. The fourth-order valence-corrected chi connectivity index (χ4v) is 1.43. The Kier molecular flexibility index (Phi) is 5.74. The fourth-order valence-electron chi connectivity index (χ4n) is 1.43. The molecule has 0 bridgehead atoms. The first kappa shape index (κ1) is 15.7. The molecule has 2 amide bonds. The third-order valence-corrected chi connectivity index (χ3v) is 2.45. The monoisotopic (exact) mass is 287 g/mol. The first-order chi connectivity index (χ1) is 9.45. The van der Waals surface area contributed by atoms with Crippen molar-refractivity contribution in [2.75, 3.05) is 24.2 Å². The van der Waals surface area contributed by atoms with Crippen LogP contribution in [0.4, 0.5) is 16.3 Å². The highest BCUT2D eigenvalue weighted by Gasteiger charge is 2.17. The molecule has 0 aliphatic heterocycles. The number of carbonyl (C=O) groups excluding carboxylic acids is 1. The van der Waals surface area contributed by atoms with Gasteiger partial charge in [-0.15, -0.1) is 0 Å². The largest absolute Gasteiger partial charge is 0.465 e. The minimum atomic E-state index is -1.37. The summed E-state index contributed by atoms with van der Waals surface area (Å²) in [7, 11) is 0. The average Bonchev–Trinajstić information content (AvgIpc) is 2.71. The van der Waals surface area contributed by atoms with Gasteiger partial charge >= 0.3 is 6.09 Å². The van der Waals surface area contributed by atoms with Gasteiger partial charge in [0, 0.05) is 6.54 Å². The van der Waals surface area contributed by atoms with Crippen LogP contribution in [-0.2, 0) is 11.3 Å². The van der Waals surface area contributed by atoms with E-state index in [9.17, 15) is 14.7 Å². The van der Waals surface area contributed by atoms with E-state index in [4.69, 9.17) is 15.9 Å². The molecule has 0 spiro atoms. The van der Waals surface area contributed by atoms with Gasteiger partial charge in [0.25, 0.3) is 5.91 Å².